The molecular formula is C16H22ClN3O2S. The molecule has 1 unspecified atom stereocenters. The van der Waals surface area contributed by atoms with Crippen LogP contribution in [-0.2, 0) is 10.5 Å². The van der Waals surface area contributed by atoms with Crippen molar-refractivity contribution in [2.24, 2.45) is 11.7 Å². The predicted octanol–water partition coefficient (Wildman–Crippen LogP) is 2.48. The Morgan fingerprint density at radius 1 is 1.43 bits per heavy atom. The summed E-state index contributed by atoms with van der Waals surface area (Å²) >= 11 is 7.69. The summed E-state index contributed by atoms with van der Waals surface area (Å²) in [4.78, 5) is 24.9. The lowest BCUT2D eigenvalue weighted by atomic mass is 9.97. The molecule has 23 heavy (non-hydrogen) atoms. The molecule has 0 aromatic heterocycles. The SMILES string of the molecule is NC(=O)N1CCCC(C(=O)NCCSCc2cccc(Cl)c2)C1. The summed E-state index contributed by atoms with van der Waals surface area (Å²) in [5.74, 6) is 1.58. The third kappa shape index (κ3) is 5.95. The molecule has 3 N–H and O–H groups in total. The van der Waals surface area contributed by atoms with E-state index in [0.717, 1.165) is 29.4 Å². The summed E-state index contributed by atoms with van der Waals surface area (Å²) in [5, 5.41) is 3.69. The number of nitrogens with two attached hydrogens (primary N) is 1. The first-order valence-corrected chi connectivity index (χ1v) is 9.24. The molecule has 1 aliphatic heterocycles. The van der Waals surface area contributed by atoms with Crippen molar-refractivity contribution in [3.8, 4) is 0 Å². The zero-order valence-electron chi connectivity index (χ0n) is 13.0. The number of amides is 3. The second kappa shape index (κ2) is 9.03. The number of rotatable bonds is 6. The number of hydrogen-bond donors (Lipinski definition) is 2. The first kappa shape index (κ1) is 17.9. The standard InChI is InChI=1S/C16H22ClN3O2S/c17-14-5-1-3-12(9-14)11-23-8-6-19-15(21)13-4-2-7-20(10-13)16(18)22/h1,3,5,9,13H,2,4,6-8,10-11H2,(H2,18,22)(H,19,21). The van der Waals surface area contributed by atoms with Crippen molar-refractivity contribution in [1.29, 1.82) is 0 Å². The van der Waals surface area contributed by atoms with Gasteiger partial charge in [0.15, 0.2) is 0 Å². The highest BCUT2D eigenvalue weighted by molar-refractivity contribution is 7.98. The molecule has 1 aromatic rings. The number of primary amides is 1. The number of halogens is 1. The Labute approximate surface area is 145 Å². The van der Waals surface area contributed by atoms with Gasteiger partial charge in [0.05, 0.1) is 5.92 Å². The van der Waals surface area contributed by atoms with Gasteiger partial charge in [-0.05, 0) is 30.5 Å². The van der Waals surface area contributed by atoms with Crippen LogP contribution in [0.2, 0.25) is 5.02 Å². The van der Waals surface area contributed by atoms with Gasteiger partial charge in [0.25, 0.3) is 0 Å². The van der Waals surface area contributed by atoms with Crippen molar-refractivity contribution in [1.82, 2.24) is 10.2 Å². The van der Waals surface area contributed by atoms with Gasteiger partial charge in [-0.1, -0.05) is 23.7 Å². The molecule has 2 rings (SSSR count). The van der Waals surface area contributed by atoms with E-state index in [1.54, 1.807) is 16.7 Å². The Morgan fingerprint density at radius 3 is 3.00 bits per heavy atom. The normalized spacial score (nSPS) is 17.8. The molecule has 1 atom stereocenters. The first-order chi connectivity index (χ1) is 11.1. The fourth-order valence-corrected chi connectivity index (χ4v) is 3.62. The van der Waals surface area contributed by atoms with Crippen LogP contribution in [0, 0.1) is 5.92 Å². The van der Waals surface area contributed by atoms with Gasteiger partial charge in [-0.25, -0.2) is 4.79 Å². The summed E-state index contributed by atoms with van der Waals surface area (Å²) in [7, 11) is 0. The highest BCUT2D eigenvalue weighted by atomic mass is 35.5. The molecule has 7 heteroatoms. The number of thioether (sulfide) groups is 1. The van der Waals surface area contributed by atoms with Crippen LogP contribution in [0.4, 0.5) is 4.79 Å². The molecule has 3 amide bonds. The van der Waals surface area contributed by atoms with Crippen molar-refractivity contribution >= 4 is 35.3 Å². The van der Waals surface area contributed by atoms with Gasteiger partial charge in [-0.2, -0.15) is 11.8 Å². The minimum absolute atomic E-state index is 0.0132. The largest absolute Gasteiger partial charge is 0.355 e. The van der Waals surface area contributed by atoms with Crippen LogP contribution in [0.3, 0.4) is 0 Å². The number of urea groups is 1. The number of piperidine rings is 1. The maximum absolute atomic E-state index is 12.1. The summed E-state index contributed by atoms with van der Waals surface area (Å²) in [6.45, 7) is 1.70. The van der Waals surface area contributed by atoms with Crippen molar-refractivity contribution in [3.05, 3.63) is 34.9 Å². The van der Waals surface area contributed by atoms with E-state index < -0.39 is 6.03 Å². The molecular weight excluding hydrogens is 334 g/mol. The lowest BCUT2D eigenvalue weighted by Crippen LogP contribution is -2.47. The summed E-state index contributed by atoms with van der Waals surface area (Å²) in [6.07, 6.45) is 1.63. The molecule has 0 radical (unpaired) electrons. The average Bonchev–Trinajstić information content (AvgIpc) is 2.54. The van der Waals surface area contributed by atoms with Gasteiger partial charge < -0.3 is 16.0 Å². The summed E-state index contributed by atoms with van der Waals surface area (Å²) in [6, 6.07) is 7.34. The average molecular weight is 356 g/mol. The Hall–Kier alpha value is -1.40. The van der Waals surface area contributed by atoms with E-state index in [1.807, 2.05) is 24.3 Å². The number of likely N-dealkylation sites (tertiary alicyclic amines) is 1. The zero-order valence-corrected chi connectivity index (χ0v) is 14.5. The molecule has 5 nitrogen and oxygen atoms in total. The molecule has 0 aliphatic carbocycles. The van der Waals surface area contributed by atoms with Crippen LogP contribution < -0.4 is 11.1 Å². The highest BCUT2D eigenvalue weighted by Crippen LogP contribution is 2.17. The Bertz CT molecular complexity index is 556. The molecule has 1 saturated heterocycles. The van der Waals surface area contributed by atoms with Crippen molar-refractivity contribution in [2.75, 3.05) is 25.4 Å². The monoisotopic (exact) mass is 355 g/mol. The molecule has 1 aromatic carbocycles. The molecule has 126 valence electrons. The smallest absolute Gasteiger partial charge is 0.314 e. The maximum Gasteiger partial charge on any atom is 0.314 e. The quantitative estimate of drug-likeness (QED) is 0.770. The number of nitrogens with zero attached hydrogens (tertiary/aromatic N) is 1. The van der Waals surface area contributed by atoms with Gasteiger partial charge in [0.2, 0.25) is 5.91 Å². The molecule has 0 bridgehead atoms. The van der Waals surface area contributed by atoms with Crippen LogP contribution in [0.1, 0.15) is 18.4 Å². The second-order valence-electron chi connectivity index (χ2n) is 5.60. The third-order valence-corrected chi connectivity index (χ3v) is 5.07. The van der Waals surface area contributed by atoms with E-state index in [2.05, 4.69) is 5.32 Å². The van der Waals surface area contributed by atoms with Crippen molar-refractivity contribution in [3.63, 3.8) is 0 Å². The minimum atomic E-state index is -0.445. The van der Waals surface area contributed by atoms with E-state index in [0.29, 0.717) is 19.6 Å². The van der Waals surface area contributed by atoms with E-state index in [9.17, 15) is 9.59 Å². The molecule has 1 heterocycles. The number of benzene rings is 1. The van der Waals surface area contributed by atoms with Gasteiger partial charge in [-0.15, -0.1) is 0 Å². The minimum Gasteiger partial charge on any atom is -0.355 e. The fraction of sp³-hybridized carbons (Fsp3) is 0.500. The number of carbonyl (C=O) groups excluding carboxylic acids is 2. The van der Waals surface area contributed by atoms with Crippen molar-refractivity contribution < 1.29 is 9.59 Å². The fourth-order valence-electron chi connectivity index (χ4n) is 2.60. The Morgan fingerprint density at radius 2 is 2.26 bits per heavy atom. The van der Waals surface area contributed by atoms with E-state index in [1.165, 1.54) is 5.56 Å². The van der Waals surface area contributed by atoms with Crippen LogP contribution in [0.15, 0.2) is 24.3 Å². The van der Waals surface area contributed by atoms with E-state index >= 15 is 0 Å². The number of carbonyl (C=O) groups is 2. The van der Waals surface area contributed by atoms with Crippen LogP contribution >= 0.6 is 23.4 Å². The Balaban J connectivity index is 1.64. The number of hydrogen-bond acceptors (Lipinski definition) is 3. The predicted molar refractivity (Wildman–Crippen MR) is 94.5 cm³/mol. The van der Waals surface area contributed by atoms with E-state index in [4.69, 9.17) is 17.3 Å². The van der Waals surface area contributed by atoms with Crippen LogP contribution in [0.5, 0.6) is 0 Å². The first-order valence-electron chi connectivity index (χ1n) is 7.70. The molecule has 1 fully saturated rings. The second-order valence-corrected chi connectivity index (χ2v) is 7.14. The third-order valence-electron chi connectivity index (χ3n) is 3.81. The summed E-state index contributed by atoms with van der Waals surface area (Å²) in [5.41, 5.74) is 6.46. The molecule has 0 spiro atoms. The van der Waals surface area contributed by atoms with Crippen molar-refractivity contribution in [2.45, 2.75) is 18.6 Å². The summed E-state index contributed by atoms with van der Waals surface area (Å²) < 4.78 is 0. The van der Waals surface area contributed by atoms with Gasteiger partial charge >= 0.3 is 6.03 Å². The van der Waals surface area contributed by atoms with Gasteiger partial charge in [0.1, 0.15) is 0 Å². The van der Waals surface area contributed by atoms with Crippen LogP contribution in [0.25, 0.3) is 0 Å². The van der Waals surface area contributed by atoms with Gasteiger partial charge in [-0.3, -0.25) is 4.79 Å². The highest BCUT2D eigenvalue weighted by Gasteiger charge is 2.26. The van der Waals surface area contributed by atoms with Gasteiger partial charge in [0, 0.05) is 36.2 Å². The lowest BCUT2D eigenvalue weighted by Gasteiger charge is -2.30. The lowest BCUT2D eigenvalue weighted by molar-refractivity contribution is -0.126. The van der Waals surface area contributed by atoms with Crippen LogP contribution in [-0.4, -0.2) is 42.2 Å². The number of nitrogens with one attached hydrogen (secondary N) is 1. The molecule has 1 aliphatic rings. The Kier molecular flexibility index (Phi) is 7.05. The zero-order chi connectivity index (χ0) is 16.7. The molecule has 0 saturated carbocycles. The topological polar surface area (TPSA) is 75.4 Å². The maximum atomic E-state index is 12.1. The van der Waals surface area contributed by atoms with E-state index in [-0.39, 0.29) is 11.8 Å².